The van der Waals surface area contributed by atoms with E-state index in [2.05, 4.69) is 78.8 Å². The van der Waals surface area contributed by atoms with Crippen molar-refractivity contribution in [2.24, 2.45) is 40.9 Å². The first kappa shape index (κ1) is 76.1. The van der Waals surface area contributed by atoms with Gasteiger partial charge < -0.3 is 46.2 Å². The number of hydrogen-bond acceptors (Lipinski definition) is 10. The normalized spacial score (nSPS) is 23.4. The van der Waals surface area contributed by atoms with Crippen LogP contribution in [-0.4, -0.2) is 143 Å². The predicted molar refractivity (Wildman–Crippen MR) is 403 cm³/mol. The number of likely N-dealkylation sites (tertiary alicyclic amines) is 3. The Hall–Kier alpha value is -7.57. The zero-order valence-corrected chi connectivity index (χ0v) is 62.3. The lowest BCUT2D eigenvalue weighted by atomic mass is 9.82. The number of fused-ring (bicyclic) bond motifs is 5. The van der Waals surface area contributed by atoms with Gasteiger partial charge in [0, 0.05) is 72.2 Å². The molecule has 5 fully saturated rings. The van der Waals surface area contributed by atoms with Gasteiger partial charge >= 0.3 is 0 Å². The van der Waals surface area contributed by atoms with Crippen LogP contribution in [-0.2, 0) is 46.4 Å². The molecule has 7 aliphatic rings. The SMILES string of the molecule is CC[C@@H](C)C(=O)NC1CSc2ccccc2N(CC(=O)N[C@@H]2CCCc3ccccc32)C1=O.CC[C@@H](C)C(=O)N[C@H](C(=O)N1CC[C@H]2CCN(CCc3ccccc3)C[C@H]21)C1CCCCC1.CC[C@@H](C)C(=O)N[C@H](C(=O)N1CC[C@H]2CC[C@H](NC(=O)c3cccc4ccccc34)[C@H]21)C(C)(C)C. The minimum Gasteiger partial charge on any atom is -0.348 e. The molecule has 4 aliphatic heterocycles. The highest BCUT2D eigenvalue weighted by Crippen LogP contribution is 2.41. The van der Waals surface area contributed by atoms with E-state index in [1.54, 1.807) is 0 Å². The Morgan fingerprint density at radius 1 is 0.584 bits per heavy atom. The number of piperidine rings is 1. The molecule has 1 unspecified atom stereocenters. The van der Waals surface area contributed by atoms with Gasteiger partial charge in [-0.3, -0.25) is 38.4 Å². The van der Waals surface area contributed by atoms with Crippen LogP contribution in [0.3, 0.4) is 0 Å². The van der Waals surface area contributed by atoms with Gasteiger partial charge in [-0.1, -0.05) is 185 Å². The lowest BCUT2D eigenvalue weighted by molar-refractivity contribution is -0.141. The summed E-state index contributed by atoms with van der Waals surface area (Å²) in [5, 5.41) is 17.6. The van der Waals surface area contributed by atoms with Crippen LogP contribution in [0.5, 0.6) is 0 Å². The van der Waals surface area contributed by atoms with Crippen molar-refractivity contribution in [2.45, 2.75) is 219 Å². The van der Waals surface area contributed by atoms with Crippen molar-refractivity contribution in [1.29, 1.82) is 0 Å². The number of benzene rings is 5. The molecule has 5 aromatic carbocycles. The first-order chi connectivity index (χ1) is 48.6. The number of nitrogens with one attached hydrogen (secondary N) is 5. The van der Waals surface area contributed by atoms with E-state index in [1.807, 2.05) is 146 Å². The van der Waals surface area contributed by atoms with Gasteiger partial charge in [-0.05, 0) is 165 Å². The van der Waals surface area contributed by atoms with Crippen molar-refractivity contribution < 1.29 is 38.4 Å². The van der Waals surface area contributed by atoms with Crippen molar-refractivity contribution in [1.82, 2.24) is 41.3 Å². The Labute approximate surface area is 605 Å². The fourth-order valence-corrected chi connectivity index (χ4v) is 17.3. The number of nitrogens with zero attached hydrogens (tertiary/aromatic N) is 4. The number of hydrogen-bond donors (Lipinski definition) is 5. The van der Waals surface area contributed by atoms with Gasteiger partial charge in [0.1, 0.15) is 24.7 Å². The summed E-state index contributed by atoms with van der Waals surface area (Å²) < 4.78 is 0. The molecule has 8 amide bonds. The zero-order valence-electron chi connectivity index (χ0n) is 61.5. The topological polar surface area (TPSA) is 210 Å². The van der Waals surface area contributed by atoms with E-state index >= 15 is 0 Å². The fraction of sp³-hybridized carbons (Fsp3) is 0.566. The summed E-state index contributed by atoms with van der Waals surface area (Å²) in [6, 6.07) is 38.7. The van der Waals surface area contributed by atoms with Crippen molar-refractivity contribution in [2.75, 3.05) is 49.9 Å². The van der Waals surface area contributed by atoms with Crippen molar-refractivity contribution in [3.63, 3.8) is 0 Å². The molecule has 101 heavy (non-hydrogen) atoms. The van der Waals surface area contributed by atoms with Crippen molar-refractivity contribution >= 4 is 75.5 Å². The Kier molecular flexibility index (Phi) is 26.8. The van der Waals surface area contributed by atoms with E-state index in [0.717, 1.165) is 124 Å². The third kappa shape index (κ3) is 19.0. The molecular formula is C83H113N9O8S. The van der Waals surface area contributed by atoms with Crippen LogP contribution >= 0.6 is 11.8 Å². The van der Waals surface area contributed by atoms with Crippen LogP contribution in [0.15, 0.2) is 126 Å². The maximum absolute atomic E-state index is 13.9. The number of para-hydroxylation sites is 1. The molecule has 5 N–H and O–H groups in total. The van der Waals surface area contributed by atoms with Gasteiger partial charge in [-0.25, -0.2) is 0 Å². The molecule has 0 radical (unpaired) electrons. The second kappa shape index (κ2) is 35.5. The molecule has 0 aromatic heterocycles. The maximum atomic E-state index is 13.9. The minimum absolute atomic E-state index is 0.0343. The van der Waals surface area contributed by atoms with E-state index in [1.165, 1.54) is 53.5 Å². The molecule has 3 aliphatic carbocycles. The molecule has 2 saturated carbocycles. The Morgan fingerprint density at radius 2 is 1.23 bits per heavy atom. The van der Waals surface area contributed by atoms with Crippen LogP contribution in [0.4, 0.5) is 5.69 Å². The molecule has 17 nitrogen and oxygen atoms in total. The largest absolute Gasteiger partial charge is 0.348 e. The number of aryl methyl sites for hydroxylation is 1. The standard InChI is InChI=1S/C29H39N3O3.C28H43N3O2.C26H31N3O3S/c1-6-18(2)26(33)31-25(29(3,4)5)28(35)32-17-16-20-14-15-23(24(20)32)30-27(34)22-13-9-11-19-10-7-8-12-21(19)22;1-3-21(2)27(32)29-26(24-12-8-5-9-13-24)28(33)31-19-16-23-15-18-30(20-25(23)31)17-14-22-10-6-4-7-11-22;1-3-17(2)25(31)28-21-16-33-23-14-7-6-13-22(23)29(26(21)32)15-24(30)27-20-12-8-10-18-9-4-5-11-19(18)20/h7-13,18,20,23-25H,6,14-17H2,1-5H3,(H,30,34)(H,31,33);4,6-7,10-11,21,23-26H,3,5,8-9,12-20H2,1-2H3,(H,29,32);4-7,9,11,13-14,17,20-21H,3,8,10,12,15-16H2,1-2H3,(H,27,30)(H,28,31)/t18-,20-,23+,24+,25-;21-,23-,25-,26+;17-,20-,21?/m111/s1. The quantitative estimate of drug-likeness (QED) is 0.0498. The van der Waals surface area contributed by atoms with Crippen molar-refractivity contribution in [3.05, 3.63) is 144 Å². The minimum atomic E-state index is -0.674. The average Bonchev–Trinajstić information content (AvgIpc) is 1.63. The number of amides is 8. The number of thioether (sulfide) groups is 1. The molecule has 12 atom stereocenters. The van der Waals surface area contributed by atoms with E-state index < -0.39 is 17.5 Å². The molecule has 0 bridgehead atoms. The van der Waals surface area contributed by atoms with Crippen LogP contribution in [0, 0.1) is 40.9 Å². The molecule has 0 spiro atoms. The lowest BCUT2D eigenvalue weighted by Crippen LogP contribution is -2.59. The van der Waals surface area contributed by atoms with Gasteiger partial charge in [-0.2, -0.15) is 0 Å². The summed E-state index contributed by atoms with van der Waals surface area (Å²) in [4.78, 5) is 115. The molecule has 18 heteroatoms. The van der Waals surface area contributed by atoms with E-state index in [0.29, 0.717) is 47.8 Å². The smallest absolute Gasteiger partial charge is 0.252 e. The second-order valence-corrected chi connectivity index (χ2v) is 31.9. The highest BCUT2D eigenvalue weighted by Gasteiger charge is 2.50. The molecule has 5 aromatic rings. The van der Waals surface area contributed by atoms with Crippen LogP contribution < -0.4 is 31.5 Å². The van der Waals surface area contributed by atoms with Gasteiger partial charge in [0.15, 0.2) is 0 Å². The summed E-state index contributed by atoms with van der Waals surface area (Å²) in [6.45, 7) is 22.3. The first-order valence-electron chi connectivity index (χ1n) is 38.1. The molecular weight excluding hydrogens is 1280 g/mol. The molecule has 544 valence electrons. The lowest BCUT2D eigenvalue weighted by Gasteiger charge is -2.41. The van der Waals surface area contributed by atoms with Crippen LogP contribution in [0.25, 0.3) is 10.8 Å². The predicted octanol–water partition coefficient (Wildman–Crippen LogP) is 12.6. The fourth-order valence-electron chi connectivity index (χ4n) is 16.2. The van der Waals surface area contributed by atoms with Gasteiger partial charge in [0.05, 0.1) is 17.8 Å². The number of carbonyl (C=O) groups is 8. The van der Waals surface area contributed by atoms with E-state index in [4.69, 9.17) is 0 Å². The Bertz CT molecular complexity index is 3660. The second-order valence-electron chi connectivity index (χ2n) is 30.8. The summed E-state index contributed by atoms with van der Waals surface area (Å²) in [5.41, 5.74) is 4.77. The highest BCUT2D eigenvalue weighted by molar-refractivity contribution is 7.99. The monoisotopic (exact) mass is 1400 g/mol. The van der Waals surface area contributed by atoms with Gasteiger partial charge in [0.25, 0.3) is 11.8 Å². The van der Waals surface area contributed by atoms with Crippen molar-refractivity contribution in [3.8, 4) is 0 Å². The average molecular weight is 1400 g/mol. The van der Waals surface area contributed by atoms with Crippen LogP contribution in [0.1, 0.15) is 192 Å². The van der Waals surface area contributed by atoms with E-state index in [9.17, 15) is 38.4 Å². The van der Waals surface area contributed by atoms with Crippen LogP contribution in [0.2, 0.25) is 0 Å². The summed E-state index contributed by atoms with van der Waals surface area (Å²) in [7, 11) is 0. The number of carbonyl (C=O) groups excluding carboxylic acids is 8. The summed E-state index contributed by atoms with van der Waals surface area (Å²) in [6.07, 6.45) is 17.0. The molecule has 12 rings (SSSR count). The summed E-state index contributed by atoms with van der Waals surface area (Å²) >= 11 is 1.53. The maximum Gasteiger partial charge on any atom is 0.252 e. The first-order valence-corrected chi connectivity index (χ1v) is 39.1. The third-order valence-corrected chi connectivity index (χ3v) is 24.1. The number of rotatable bonds is 20. The summed E-state index contributed by atoms with van der Waals surface area (Å²) in [5.74, 6) is 0.812. The Balaban J connectivity index is 0.000000163. The molecule has 3 saturated heterocycles. The van der Waals surface area contributed by atoms with Gasteiger partial charge in [-0.15, -0.1) is 11.8 Å². The zero-order chi connectivity index (χ0) is 71.9. The number of anilines is 1. The van der Waals surface area contributed by atoms with E-state index in [-0.39, 0.29) is 102 Å². The Morgan fingerprint density at radius 3 is 1.97 bits per heavy atom. The van der Waals surface area contributed by atoms with Gasteiger partial charge in [0.2, 0.25) is 35.4 Å². The molecule has 4 heterocycles. The third-order valence-electron chi connectivity index (χ3n) is 23.0. The highest BCUT2D eigenvalue weighted by atomic mass is 32.2.